The number of aromatic nitrogens is 2. The highest BCUT2D eigenvalue weighted by Crippen LogP contribution is 2.28. The topological polar surface area (TPSA) is 65.4 Å². The van der Waals surface area contributed by atoms with Crippen LogP contribution in [-0.2, 0) is 6.61 Å². The molecule has 3 aromatic rings. The van der Waals surface area contributed by atoms with Gasteiger partial charge in [-0.2, -0.15) is 5.10 Å². The standard InChI is InChI=1S/C18H15Cl3N4O/c1-11-9-25(18(22)24-11)23-8-12-7-13(19)5-6-17(12)26-10-14-15(20)3-2-4-16(14)21/h2-9H,10H2,1H3,(H2,22,24). The van der Waals surface area contributed by atoms with E-state index in [4.69, 9.17) is 45.3 Å². The van der Waals surface area contributed by atoms with Crippen LogP contribution in [0.4, 0.5) is 5.95 Å². The lowest BCUT2D eigenvalue weighted by Gasteiger charge is -2.12. The van der Waals surface area contributed by atoms with Gasteiger partial charge in [0.1, 0.15) is 12.4 Å². The average Bonchev–Trinajstić information content (AvgIpc) is 2.91. The summed E-state index contributed by atoms with van der Waals surface area (Å²) in [6.45, 7) is 2.05. The Bertz CT molecular complexity index is 949. The van der Waals surface area contributed by atoms with Crippen LogP contribution in [0, 0.1) is 6.92 Å². The summed E-state index contributed by atoms with van der Waals surface area (Å²) in [4.78, 5) is 4.10. The van der Waals surface area contributed by atoms with Gasteiger partial charge in [-0.15, -0.1) is 0 Å². The second-order valence-corrected chi connectivity index (χ2v) is 6.75. The second kappa shape index (κ2) is 7.99. The van der Waals surface area contributed by atoms with Crippen LogP contribution in [0.1, 0.15) is 16.8 Å². The third-order valence-corrected chi connectivity index (χ3v) is 4.50. The van der Waals surface area contributed by atoms with Crippen LogP contribution in [0.25, 0.3) is 0 Å². The molecule has 1 aromatic heterocycles. The first-order chi connectivity index (χ1) is 12.4. The summed E-state index contributed by atoms with van der Waals surface area (Å²) < 4.78 is 7.37. The second-order valence-electron chi connectivity index (χ2n) is 5.50. The van der Waals surface area contributed by atoms with Gasteiger partial charge >= 0.3 is 0 Å². The summed E-state index contributed by atoms with van der Waals surface area (Å²) >= 11 is 18.5. The number of aryl methyl sites for hydroxylation is 1. The maximum atomic E-state index is 6.19. The summed E-state index contributed by atoms with van der Waals surface area (Å²) in [6.07, 6.45) is 3.33. The molecule has 0 radical (unpaired) electrons. The molecule has 0 aliphatic rings. The number of hydrogen-bond donors (Lipinski definition) is 1. The zero-order chi connectivity index (χ0) is 18.7. The molecule has 2 aromatic carbocycles. The third kappa shape index (κ3) is 4.30. The van der Waals surface area contributed by atoms with Crippen molar-refractivity contribution in [3.8, 4) is 5.75 Å². The van der Waals surface area contributed by atoms with E-state index in [1.807, 2.05) is 6.92 Å². The van der Waals surface area contributed by atoms with E-state index in [2.05, 4.69) is 10.1 Å². The minimum absolute atomic E-state index is 0.216. The fraction of sp³-hybridized carbons (Fsp3) is 0.111. The van der Waals surface area contributed by atoms with Crippen LogP contribution >= 0.6 is 34.8 Å². The number of nitrogens with zero attached hydrogens (tertiary/aromatic N) is 3. The Hall–Kier alpha value is -2.21. The number of anilines is 1. The number of halogens is 3. The quantitative estimate of drug-likeness (QED) is 0.589. The monoisotopic (exact) mass is 408 g/mol. The number of nitrogen functional groups attached to an aromatic ring is 1. The van der Waals surface area contributed by atoms with E-state index < -0.39 is 0 Å². The molecule has 0 aliphatic heterocycles. The molecule has 0 unspecified atom stereocenters. The number of ether oxygens (including phenoxy) is 1. The molecule has 0 aliphatic carbocycles. The van der Waals surface area contributed by atoms with Gasteiger partial charge in [-0.25, -0.2) is 9.66 Å². The van der Waals surface area contributed by atoms with Crippen LogP contribution in [0.2, 0.25) is 15.1 Å². The fourth-order valence-corrected chi connectivity index (χ4v) is 2.98. The summed E-state index contributed by atoms with van der Waals surface area (Å²) in [5, 5.41) is 5.95. The highest BCUT2D eigenvalue weighted by atomic mass is 35.5. The van der Waals surface area contributed by atoms with Gasteiger partial charge in [-0.05, 0) is 37.3 Å². The third-order valence-electron chi connectivity index (χ3n) is 3.56. The number of rotatable bonds is 5. The Labute approximate surface area is 166 Å². The minimum atomic E-state index is 0.216. The molecule has 0 atom stereocenters. The Balaban J connectivity index is 1.85. The molecule has 8 heteroatoms. The van der Waals surface area contributed by atoms with E-state index in [1.165, 1.54) is 4.68 Å². The molecule has 2 N–H and O–H groups in total. The number of nitrogens with two attached hydrogens (primary N) is 1. The lowest BCUT2D eigenvalue weighted by Crippen LogP contribution is -2.01. The molecule has 0 saturated carbocycles. The van der Waals surface area contributed by atoms with Crippen LogP contribution in [-0.4, -0.2) is 15.9 Å². The number of hydrogen-bond acceptors (Lipinski definition) is 4. The summed E-state index contributed by atoms with van der Waals surface area (Å²) in [5.41, 5.74) is 7.96. The lowest BCUT2D eigenvalue weighted by atomic mass is 10.2. The maximum Gasteiger partial charge on any atom is 0.221 e. The van der Waals surface area contributed by atoms with E-state index in [9.17, 15) is 0 Å². The van der Waals surface area contributed by atoms with Gasteiger partial charge in [0.15, 0.2) is 0 Å². The van der Waals surface area contributed by atoms with E-state index in [-0.39, 0.29) is 6.61 Å². The normalized spacial score (nSPS) is 11.2. The van der Waals surface area contributed by atoms with Crippen molar-refractivity contribution in [1.29, 1.82) is 0 Å². The molecule has 0 amide bonds. The molecule has 134 valence electrons. The van der Waals surface area contributed by atoms with Crippen molar-refractivity contribution < 1.29 is 4.74 Å². The van der Waals surface area contributed by atoms with Gasteiger partial charge in [0, 0.05) is 26.2 Å². The molecule has 0 saturated heterocycles. The molecule has 0 bridgehead atoms. The van der Waals surface area contributed by atoms with E-state index in [0.717, 1.165) is 5.69 Å². The first-order valence-corrected chi connectivity index (χ1v) is 8.78. The van der Waals surface area contributed by atoms with Crippen LogP contribution < -0.4 is 10.5 Å². The molecular formula is C18H15Cl3N4O. The minimum Gasteiger partial charge on any atom is -0.488 e. The van der Waals surface area contributed by atoms with Gasteiger partial charge in [0.05, 0.1) is 18.1 Å². The first-order valence-electron chi connectivity index (χ1n) is 7.65. The predicted molar refractivity (Wildman–Crippen MR) is 107 cm³/mol. The molecule has 1 heterocycles. The average molecular weight is 410 g/mol. The smallest absolute Gasteiger partial charge is 0.221 e. The highest BCUT2D eigenvalue weighted by Gasteiger charge is 2.09. The highest BCUT2D eigenvalue weighted by molar-refractivity contribution is 6.36. The molecule has 0 fully saturated rings. The van der Waals surface area contributed by atoms with Crippen molar-refractivity contribution in [1.82, 2.24) is 9.66 Å². The SMILES string of the molecule is Cc1cn(N=Cc2cc(Cl)ccc2OCc2c(Cl)cccc2Cl)c(N)n1. The molecule has 0 spiro atoms. The Morgan fingerprint density at radius 1 is 1.19 bits per heavy atom. The van der Waals surface area contributed by atoms with Crippen molar-refractivity contribution in [2.24, 2.45) is 5.10 Å². The predicted octanol–water partition coefficient (Wildman–Crippen LogP) is 5.20. The van der Waals surface area contributed by atoms with E-state index in [0.29, 0.717) is 37.9 Å². The Morgan fingerprint density at radius 2 is 1.92 bits per heavy atom. The number of imidazole rings is 1. The van der Waals surface area contributed by atoms with Crippen molar-refractivity contribution in [3.63, 3.8) is 0 Å². The molecule has 5 nitrogen and oxygen atoms in total. The van der Waals surface area contributed by atoms with E-state index in [1.54, 1.807) is 48.8 Å². The van der Waals surface area contributed by atoms with Gasteiger partial charge < -0.3 is 10.5 Å². The number of benzene rings is 2. The van der Waals surface area contributed by atoms with Gasteiger partial charge in [-0.1, -0.05) is 40.9 Å². The Kier molecular flexibility index (Phi) is 5.71. The van der Waals surface area contributed by atoms with Crippen LogP contribution in [0.3, 0.4) is 0 Å². The fourth-order valence-electron chi connectivity index (χ4n) is 2.29. The summed E-state index contributed by atoms with van der Waals surface area (Å²) in [5.74, 6) is 0.885. The van der Waals surface area contributed by atoms with Gasteiger partial charge in [-0.3, -0.25) is 0 Å². The lowest BCUT2D eigenvalue weighted by molar-refractivity contribution is 0.306. The first kappa shape index (κ1) is 18.6. The van der Waals surface area contributed by atoms with E-state index >= 15 is 0 Å². The molecular weight excluding hydrogens is 395 g/mol. The Morgan fingerprint density at radius 3 is 2.58 bits per heavy atom. The zero-order valence-corrected chi connectivity index (χ0v) is 16.1. The van der Waals surface area contributed by atoms with Crippen molar-refractivity contribution in [3.05, 3.63) is 74.5 Å². The van der Waals surface area contributed by atoms with Gasteiger partial charge in [0.2, 0.25) is 5.95 Å². The maximum absolute atomic E-state index is 6.19. The summed E-state index contributed by atoms with van der Waals surface area (Å²) in [6, 6.07) is 10.6. The largest absolute Gasteiger partial charge is 0.488 e. The van der Waals surface area contributed by atoms with Crippen molar-refractivity contribution >= 4 is 47.0 Å². The van der Waals surface area contributed by atoms with Crippen LogP contribution in [0.15, 0.2) is 47.7 Å². The molecule has 3 rings (SSSR count). The zero-order valence-electron chi connectivity index (χ0n) is 13.8. The van der Waals surface area contributed by atoms with Crippen molar-refractivity contribution in [2.75, 3.05) is 5.73 Å². The summed E-state index contributed by atoms with van der Waals surface area (Å²) in [7, 11) is 0. The van der Waals surface area contributed by atoms with Crippen LogP contribution in [0.5, 0.6) is 5.75 Å². The molecule has 26 heavy (non-hydrogen) atoms. The van der Waals surface area contributed by atoms with Crippen molar-refractivity contribution in [2.45, 2.75) is 13.5 Å². The van der Waals surface area contributed by atoms with Gasteiger partial charge in [0.25, 0.3) is 0 Å².